The van der Waals surface area contributed by atoms with Gasteiger partial charge in [-0.2, -0.15) is 0 Å². The lowest BCUT2D eigenvalue weighted by atomic mass is 9.99. The van der Waals surface area contributed by atoms with Crippen LogP contribution >= 0.6 is 0 Å². The summed E-state index contributed by atoms with van der Waals surface area (Å²) in [4.78, 5) is 10.3. The molecule has 6 aromatic rings. The number of ether oxygens (including phenoxy) is 2. The molecule has 0 radical (unpaired) electrons. The number of aromatic nitrogens is 2. The fourth-order valence-electron chi connectivity index (χ4n) is 4.75. The van der Waals surface area contributed by atoms with Gasteiger partial charge < -0.3 is 9.47 Å². The van der Waals surface area contributed by atoms with Gasteiger partial charge >= 0.3 is 0 Å². The SMILES string of the molecule is COc1ccccc1-c1nc(-c2cc3ccccc3c(-c3ccccc3OC)n2)cc2ccccc12. The van der Waals surface area contributed by atoms with Crippen LogP contribution in [-0.2, 0) is 0 Å². The van der Waals surface area contributed by atoms with Crippen molar-refractivity contribution in [3.05, 3.63) is 109 Å². The van der Waals surface area contributed by atoms with E-state index in [2.05, 4.69) is 36.4 Å². The highest BCUT2D eigenvalue weighted by molar-refractivity contribution is 6.00. The largest absolute Gasteiger partial charge is 0.496 e. The molecule has 0 unspecified atom stereocenters. The van der Waals surface area contributed by atoms with E-state index in [9.17, 15) is 0 Å². The number of benzene rings is 4. The van der Waals surface area contributed by atoms with E-state index in [0.717, 1.165) is 66.9 Å². The molecule has 0 spiro atoms. The molecule has 0 N–H and O–H groups in total. The second kappa shape index (κ2) is 9.16. The molecule has 0 saturated heterocycles. The average Bonchev–Trinajstić information content (AvgIpc) is 2.96. The van der Waals surface area contributed by atoms with Crippen molar-refractivity contribution in [2.45, 2.75) is 0 Å². The Kier molecular flexibility index (Phi) is 5.55. The van der Waals surface area contributed by atoms with E-state index in [1.165, 1.54) is 0 Å². The molecular formula is C32H24N2O2. The van der Waals surface area contributed by atoms with E-state index in [-0.39, 0.29) is 0 Å². The molecule has 4 heteroatoms. The maximum Gasteiger partial charge on any atom is 0.128 e. The van der Waals surface area contributed by atoms with Crippen LogP contribution in [0.25, 0.3) is 55.4 Å². The van der Waals surface area contributed by atoms with Gasteiger partial charge in [0.15, 0.2) is 0 Å². The first-order chi connectivity index (χ1) is 17.8. The Labute approximate surface area is 209 Å². The van der Waals surface area contributed by atoms with Crippen LogP contribution < -0.4 is 9.47 Å². The van der Waals surface area contributed by atoms with Gasteiger partial charge in [-0.25, -0.2) is 9.97 Å². The van der Waals surface area contributed by atoms with Crippen molar-refractivity contribution < 1.29 is 9.47 Å². The minimum Gasteiger partial charge on any atom is -0.496 e. The van der Waals surface area contributed by atoms with Crippen LogP contribution in [0.15, 0.2) is 109 Å². The fraction of sp³-hybridized carbons (Fsp3) is 0.0625. The molecule has 174 valence electrons. The third-order valence-electron chi connectivity index (χ3n) is 6.47. The summed E-state index contributed by atoms with van der Waals surface area (Å²) in [6.07, 6.45) is 0. The molecule has 0 aliphatic heterocycles. The molecule has 2 heterocycles. The van der Waals surface area contributed by atoms with Crippen LogP contribution in [0.5, 0.6) is 11.5 Å². The van der Waals surface area contributed by atoms with Gasteiger partial charge in [-0.1, -0.05) is 72.8 Å². The molecule has 36 heavy (non-hydrogen) atoms. The predicted octanol–water partition coefficient (Wildman–Crippen LogP) is 7.80. The van der Waals surface area contributed by atoms with Crippen LogP contribution in [0.1, 0.15) is 0 Å². The molecule has 4 nitrogen and oxygen atoms in total. The van der Waals surface area contributed by atoms with Crippen molar-refractivity contribution in [1.82, 2.24) is 9.97 Å². The van der Waals surface area contributed by atoms with Crippen molar-refractivity contribution in [1.29, 1.82) is 0 Å². The quantitative estimate of drug-likeness (QED) is 0.259. The summed E-state index contributed by atoms with van der Waals surface area (Å²) in [6, 6.07) is 36.8. The number of methoxy groups -OCH3 is 2. The second-order valence-electron chi connectivity index (χ2n) is 8.56. The van der Waals surface area contributed by atoms with Gasteiger partial charge in [0.05, 0.1) is 37.0 Å². The Bertz CT molecular complexity index is 1600. The first-order valence-corrected chi connectivity index (χ1v) is 11.8. The van der Waals surface area contributed by atoms with Gasteiger partial charge in [-0.15, -0.1) is 0 Å². The highest BCUT2D eigenvalue weighted by Gasteiger charge is 2.17. The van der Waals surface area contributed by atoms with E-state index in [0.29, 0.717) is 0 Å². The Morgan fingerprint density at radius 2 is 0.861 bits per heavy atom. The van der Waals surface area contributed by atoms with Gasteiger partial charge in [0.1, 0.15) is 11.5 Å². The lowest BCUT2D eigenvalue weighted by Crippen LogP contribution is -1.97. The number of hydrogen-bond acceptors (Lipinski definition) is 4. The Morgan fingerprint density at radius 3 is 1.31 bits per heavy atom. The van der Waals surface area contributed by atoms with Gasteiger partial charge in [0.2, 0.25) is 0 Å². The van der Waals surface area contributed by atoms with Gasteiger partial charge in [-0.05, 0) is 47.2 Å². The molecule has 0 amide bonds. The number of fused-ring (bicyclic) bond motifs is 2. The molecule has 0 aliphatic carbocycles. The van der Waals surface area contributed by atoms with Crippen LogP contribution in [0.4, 0.5) is 0 Å². The number of rotatable bonds is 5. The van der Waals surface area contributed by atoms with Crippen molar-refractivity contribution in [3.8, 4) is 45.4 Å². The molecular weight excluding hydrogens is 444 g/mol. The summed E-state index contributed by atoms with van der Waals surface area (Å²) >= 11 is 0. The van der Waals surface area contributed by atoms with Crippen LogP contribution in [-0.4, -0.2) is 24.2 Å². The minimum atomic E-state index is 0.786. The summed E-state index contributed by atoms with van der Waals surface area (Å²) in [7, 11) is 3.38. The topological polar surface area (TPSA) is 44.2 Å². The first kappa shape index (κ1) is 21.8. The third kappa shape index (κ3) is 3.73. The van der Waals surface area contributed by atoms with Gasteiger partial charge in [0, 0.05) is 21.9 Å². The van der Waals surface area contributed by atoms with Crippen LogP contribution in [0, 0.1) is 0 Å². The van der Waals surface area contributed by atoms with E-state index < -0.39 is 0 Å². The summed E-state index contributed by atoms with van der Waals surface area (Å²) in [5.41, 5.74) is 5.24. The molecule has 0 bridgehead atoms. The fourth-order valence-corrected chi connectivity index (χ4v) is 4.75. The van der Waals surface area contributed by atoms with E-state index in [1.807, 2.05) is 72.8 Å². The molecule has 0 fully saturated rings. The predicted molar refractivity (Wildman–Crippen MR) is 146 cm³/mol. The van der Waals surface area contributed by atoms with Gasteiger partial charge in [0.25, 0.3) is 0 Å². The van der Waals surface area contributed by atoms with E-state index >= 15 is 0 Å². The van der Waals surface area contributed by atoms with Crippen molar-refractivity contribution in [2.24, 2.45) is 0 Å². The van der Waals surface area contributed by atoms with Crippen LogP contribution in [0.2, 0.25) is 0 Å². The lowest BCUT2D eigenvalue weighted by molar-refractivity contribution is 0.416. The first-order valence-electron chi connectivity index (χ1n) is 11.8. The zero-order valence-electron chi connectivity index (χ0n) is 20.1. The third-order valence-corrected chi connectivity index (χ3v) is 6.47. The molecule has 6 rings (SSSR count). The maximum atomic E-state index is 5.68. The van der Waals surface area contributed by atoms with E-state index in [1.54, 1.807) is 14.2 Å². The number of hydrogen-bond donors (Lipinski definition) is 0. The van der Waals surface area contributed by atoms with Crippen molar-refractivity contribution in [2.75, 3.05) is 14.2 Å². The van der Waals surface area contributed by atoms with Crippen LogP contribution in [0.3, 0.4) is 0 Å². The van der Waals surface area contributed by atoms with Gasteiger partial charge in [-0.3, -0.25) is 0 Å². The highest BCUT2D eigenvalue weighted by Crippen LogP contribution is 2.38. The number of pyridine rings is 2. The summed E-state index contributed by atoms with van der Waals surface area (Å²) in [5.74, 6) is 1.57. The monoisotopic (exact) mass is 468 g/mol. The van der Waals surface area contributed by atoms with Crippen molar-refractivity contribution >= 4 is 21.5 Å². The Hall–Kier alpha value is -4.70. The average molecular weight is 469 g/mol. The van der Waals surface area contributed by atoms with E-state index in [4.69, 9.17) is 19.4 Å². The molecule has 0 atom stereocenters. The highest BCUT2D eigenvalue weighted by atomic mass is 16.5. The summed E-state index contributed by atoms with van der Waals surface area (Å²) in [5, 5.41) is 4.32. The molecule has 0 saturated carbocycles. The number of para-hydroxylation sites is 2. The molecule has 0 aliphatic rings. The molecule has 4 aromatic carbocycles. The maximum absolute atomic E-state index is 5.68. The normalized spacial score (nSPS) is 11.1. The Balaban J connectivity index is 1.65. The standard InChI is InChI=1S/C32H24N2O2/c1-35-29-17-9-7-15-25(29)31-23-13-5-3-11-21(23)19-27(33-31)28-20-22-12-4-6-14-24(22)32(34-28)26-16-8-10-18-30(26)36-2/h3-20H,1-2H3. The van der Waals surface area contributed by atoms with Crippen molar-refractivity contribution in [3.63, 3.8) is 0 Å². The smallest absolute Gasteiger partial charge is 0.128 e. The minimum absolute atomic E-state index is 0.786. The lowest BCUT2D eigenvalue weighted by Gasteiger charge is -2.15. The number of nitrogens with zero attached hydrogens (tertiary/aromatic N) is 2. The zero-order chi connectivity index (χ0) is 24.5. The second-order valence-corrected chi connectivity index (χ2v) is 8.56. The molecule has 2 aromatic heterocycles. The Morgan fingerprint density at radius 1 is 0.472 bits per heavy atom. The summed E-state index contributed by atoms with van der Waals surface area (Å²) < 4.78 is 11.4. The zero-order valence-corrected chi connectivity index (χ0v) is 20.1. The summed E-state index contributed by atoms with van der Waals surface area (Å²) in [6.45, 7) is 0.